The normalized spacial score (nSPS) is 11.8. The fourth-order valence-corrected chi connectivity index (χ4v) is 0.468. The third-order valence-electron chi connectivity index (χ3n) is 0.872. The number of carbonyl (C=O) groups excluding carboxylic acids is 2. The Labute approximate surface area is 64.2 Å². The van der Waals surface area contributed by atoms with Gasteiger partial charge >= 0.3 is 12.3 Å². The molecule has 0 saturated heterocycles. The molecule has 0 aromatic carbocycles. The standard InChI is InChI=1S/C6H10O5/c1-3-10-5(8)6(9-2)11-4-7/h4,6H,3H2,1-2H3. The highest BCUT2D eigenvalue weighted by Gasteiger charge is 2.19. The van der Waals surface area contributed by atoms with E-state index in [-0.39, 0.29) is 13.1 Å². The summed E-state index contributed by atoms with van der Waals surface area (Å²) >= 11 is 0. The Kier molecular flexibility index (Phi) is 5.10. The van der Waals surface area contributed by atoms with Gasteiger partial charge in [0.1, 0.15) is 0 Å². The molecule has 0 saturated carbocycles. The molecule has 1 atom stereocenters. The van der Waals surface area contributed by atoms with Gasteiger partial charge in [-0.05, 0) is 6.92 Å². The topological polar surface area (TPSA) is 61.8 Å². The summed E-state index contributed by atoms with van der Waals surface area (Å²) < 4.78 is 13.2. The van der Waals surface area contributed by atoms with Crippen LogP contribution in [-0.4, -0.2) is 32.4 Å². The lowest BCUT2D eigenvalue weighted by Crippen LogP contribution is -2.27. The monoisotopic (exact) mass is 162 g/mol. The summed E-state index contributed by atoms with van der Waals surface area (Å²) in [6.45, 7) is 2.00. The summed E-state index contributed by atoms with van der Waals surface area (Å²) in [5.74, 6) is -0.706. The molecule has 0 aliphatic carbocycles. The van der Waals surface area contributed by atoms with E-state index in [1.807, 2.05) is 0 Å². The van der Waals surface area contributed by atoms with Gasteiger partial charge in [-0.15, -0.1) is 0 Å². The molecule has 5 heteroatoms. The van der Waals surface area contributed by atoms with Crippen LogP contribution in [0.25, 0.3) is 0 Å². The number of hydrogen-bond acceptors (Lipinski definition) is 5. The lowest BCUT2D eigenvalue weighted by Gasteiger charge is -2.10. The molecule has 0 spiro atoms. The number of methoxy groups -OCH3 is 1. The molecule has 1 unspecified atom stereocenters. The van der Waals surface area contributed by atoms with Crippen molar-refractivity contribution < 1.29 is 23.8 Å². The van der Waals surface area contributed by atoms with E-state index in [0.29, 0.717) is 0 Å². The molecule has 0 aromatic rings. The highest BCUT2D eigenvalue weighted by atomic mass is 16.7. The zero-order valence-corrected chi connectivity index (χ0v) is 6.40. The number of esters is 1. The first-order chi connectivity index (χ1) is 5.26. The van der Waals surface area contributed by atoms with Gasteiger partial charge in [-0.2, -0.15) is 0 Å². The van der Waals surface area contributed by atoms with Crippen molar-refractivity contribution in [3.8, 4) is 0 Å². The van der Waals surface area contributed by atoms with Crippen molar-refractivity contribution >= 4 is 12.4 Å². The molecule has 0 rings (SSSR count). The van der Waals surface area contributed by atoms with Gasteiger partial charge < -0.3 is 14.2 Å². The molecule has 0 aromatic heterocycles. The van der Waals surface area contributed by atoms with E-state index in [2.05, 4.69) is 14.2 Å². The maximum Gasteiger partial charge on any atom is 0.376 e. The Morgan fingerprint density at radius 1 is 1.64 bits per heavy atom. The molecule has 0 amide bonds. The van der Waals surface area contributed by atoms with Crippen LogP contribution in [0.15, 0.2) is 0 Å². The lowest BCUT2D eigenvalue weighted by molar-refractivity contribution is -0.188. The minimum absolute atomic E-state index is 0.130. The largest absolute Gasteiger partial charge is 0.461 e. The number of hydrogen-bond donors (Lipinski definition) is 0. The van der Waals surface area contributed by atoms with Crippen molar-refractivity contribution in [3.63, 3.8) is 0 Å². The summed E-state index contributed by atoms with van der Waals surface area (Å²) in [6, 6.07) is 0. The predicted octanol–water partition coefficient (Wildman–Crippen LogP) is -0.305. The fourth-order valence-electron chi connectivity index (χ4n) is 0.468. The van der Waals surface area contributed by atoms with Crippen LogP contribution in [0.2, 0.25) is 0 Å². The number of rotatable bonds is 5. The van der Waals surface area contributed by atoms with E-state index >= 15 is 0 Å². The van der Waals surface area contributed by atoms with Gasteiger partial charge in [0.05, 0.1) is 6.61 Å². The van der Waals surface area contributed by atoms with E-state index < -0.39 is 12.3 Å². The Bertz CT molecular complexity index is 133. The molecule has 11 heavy (non-hydrogen) atoms. The van der Waals surface area contributed by atoms with Crippen molar-refractivity contribution in [3.05, 3.63) is 0 Å². The van der Waals surface area contributed by atoms with Gasteiger partial charge in [-0.25, -0.2) is 4.79 Å². The molecule has 0 aliphatic heterocycles. The van der Waals surface area contributed by atoms with E-state index in [4.69, 9.17) is 0 Å². The molecule has 64 valence electrons. The first-order valence-electron chi connectivity index (χ1n) is 3.04. The average Bonchev–Trinajstić information content (AvgIpc) is 2.00. The maximum absolute atomic E-state index is 10.7. The van der Waals surface area contributed by atoms with Crippen molar-refractivity contribution in [1.82, 2.24) is 0 Å². The van der Waals surface area contributed by atoms with Crippen LogP contribution in [0.3, 0.4) is 0 Å². The second-order valence-electron chi connectivity index (χ2n) is 1.55. The zero-order chi connectivity index (χ0) is 8.69. The molecule has 0 heterocycles. The third-order valence-corrected chi connectivity index (χ3v) is 0.872. The first kappa shape index (κ1) is 9.90. The summed E-state index contributed by atoms with van der Waals surface area (Å²) in [7, 11) is 1.24. The summed E-state index contributed by atoms with van der Waals surface area (Å²) in [5.41, 5.74) is 0. The van der Waals surface area contributed by atoms with Gasteiger partial charge in [-0.3, -0.25) is 4.79 Å². The first-order valence-corrected chi connectivity index (χ1v) is 3.04. The lowest BCUT2D eigenvalue weighted by atomic mass is 10.6. The van der Waals surface area contributed by atoms with Crippen LogP contribution in [0.4, 0.5) is 0 Å². The number of ether oxygens (including phenoxy) is 3. The second kappa shape index (κ2) is 5.67. The fraction of sp³-hybridized carbons (Fsp3) is 0.667. The molecule has 0 N–H and O–H groups in total. The van der Waals surface area contributed by atoms with Crippen molar-refractivity contribution in [2.45, 2.75) is 13.2 Å². The van der Waals surface area contributed by atoms with Gasteiger partial charge in [0.25, 0.3) is 6.47 Å². The van der Waals surface area contributed by atoms with Gasteiger partial charge in [0.15, 0.2) is 0 Å². The van der Waals surface area contributed by atoms with E-state index in [9.17, 15) is 9.59 Å². The van der Waals surface area contributed by atoms with Crippen molar-refractivity contribution in [2.24, 2.45) is 0 Å². The quantitative estimate of drug-likeness (QED) is 0.315. The highest BCUT2D eigenvalue weighted by molar-refractivity contribution is 5.74. The SMILES string of the molecule is CCOC(=O)C(OC)OC=O. The third kappa shape index (κ3) is 3.57. The van der Waals surface area contributed by atoms with E-state index in [0.717, 1.165) is 0 Å². The molecular formula is C6H10O5. The van der Waals surface area contributed by atoms with Crippen LogP contribution in [0, 0.1) is 0 Å². The van der Waals surface area contributed by atoms with Crippen LogP contribution in [-0.2, 0) is 23.8 Å². The molecule has 0 fully saturated rings. The van der Waals surface area contributed by atoms with Gasteiger partial charge in [-0.1, -0.05) is 0 Å². The Balaban J connectivity index is 3.80. The molecule has 0 bridgehead atoms. The highest BCUT2D eigenvalue weighted by Crippen LogP contribution is 1.94. The van der Waals surface area contributed by atoms with Crippen molar-refractivity contribution in [2.75, 3.05) is 13.7 Å². The molecular weight excluding hydrogens is 152 g/mol. The van der Waals surface area contributed by atoms with E-state index in [1.54, 1.807) is 6.92 Å². The molecule has 5 nitrogen and oxygen atoms in total. The van der Waals surface area contributed by atoms with Crippen LogP contribution in [0.1, 0.15) is 6.92 Å². The Hall–Kier alpha value is -1.10. The Morgan fingerprint density at radius 3 is 2.64 bits per heavy atom. The predicted molar refractivity (Wildman–Crippen MR) is 34.6 cm³/mol. The molecule has 0 aliphatic rings. The summed E-state index contributed by atoms with van der Waals surface area (Å²) in [4.78, 5) is 20.5. The molecule has 0 radical (unpaired) electrons. The van der Waals surface area contributed by atoms with E-state index in [1.165, 1.54) is 7.11 Å². The van der Waals surface area contributed by atoms with Crippen molar-refractivity contribution in [1.29, 1.82) is 0 Å². The average molecular weight is 162 g/mol. The maximum atomic E-state index is 10.7. The minimum Gasteiger partial charge on any atom is -0.461 e. The van der Waals surface area contributed by atoms with Crippen LogP contribution < -0.4 is 0 Å². The second-order valence-corrected chi connectivity index (χ2v) is 1.55. The smallest absolute Gasteiger partial charge is 0.376 e. The summed E-state index contributed by atoms with van der Waals surface area (Å²) in [6.07, 6.45) is -1.24. The van der Waals surface area contributed by atoms with Crippen LogP contribution >= 0.6 is 0 Å². The summed E-state index contributed by atoms with van der Waals surface area (Å²) in [5, 5.41) is 0. The Morgan fingerprint density at radius 2 is 2.27 bits per heavy atom. The van der Waals surface area contributed by atoms with Gasteiger partial charge in [0, 0.05) is 7.11 Å². The minimum atomic E-state index is -1.24. The number of carbonyl (C=O) groups is 2. The van der Waals surface area contributed by atoms with Crippen LogP contribution in [0.5, 0.6) is 0 Å². The zero-order valence-electron chi connectivity index (χ0n) is 6.40. The van der Waals surface area contributed by atoms with Gasteiger partial charge in [0.2, 0.25) is 0 Å².